The van der Waals surface area contributed by atoms with Crippen LogP contribution in [0, 0.1) is 0 Å². The van der Waals surface area contributed by atoms with Gasteiger partial charge in [0, 0.05) is 56.2 Å². The summed E-state index contributed by atoms with van der Waals surface area (Å²) in [5, 5.41) is 5.05. The van der Waals surface area contributed by atoms with Crippen molar-refractivity contribution in [1.82, 2.24) is 29.6 Å². The Labute approximate surface area is 179 Å². The third kappa shape index (κ3) is 4.32. The van der Waals surface area contributed by atoms with Crippen LogP contribution in [0.2, 0.25) is 0 Å². The van der Waals surface area contributed by atoms with E-state index in [0.29, 0.717) is 43.3 Å². The number of hydrogen-bond acceptors (Lipinski definition) is 8. The molecule has 4 heterocycles. The number of amides is 1. The first-order valence-corrected chi connectivity index (χ1v) is 10.3. The van der Waals surface area contributed by atoms with Gasteiger partial charge in [-0.1, -0.05) is 0 Å². The van der Waals surface area contributed by atoms with E-state index in [4.69, 9.17) is 4.74 Å². The van der Waals surface area contributed by atoms with Gasteiger partial charge in [-0.05, 0) is 32.9 Å². The number of carbonyl (C=O) groups excluding carboxylic acids is 2. The highest BCUT2D eigenvalue weighted by atomic mass is 16.5. The van der Waals surface area contributed by atoms with Crippen molar-refractivity contribution >= 4 is 28.9 Å². The van der Waals surface area contributed by atoms with Gasteiger partial charge in [0.25, 0.3) is 5.91 Å². The first-order chi connectivity index (χ1) is 14.9. The molecule has 1 fully saturated rings. The van der Waals surface area contributed by atoms with Gasteiger partial charge in [0.1, 0.15) is 0 Å². The van der Waals surface area contributed by atoms with Crippen LogP contribution >= 0.6 is 0 Å². The van der Waals surface area contributed by atoms with Crippen molar-refractivity contribution in [2.75, 3.05) is 31.1 Å². The minimum Gasteiger partial charge on any atom is -0.449 e. The van der Waals surface area contributed by atoms with Gasteiger partial charge in [-0.15, -0.1) is 0 Å². The molecule has 3 aromatic heterocycles. The lowest BCUT2D eigenvalue weighted by Gasteiger charge is -2.35. The minimum atomic E-state index is -0.888. The Morgan fingerprint density at radius 2 is 1.71 bits per heavy atom. The lowest BCUT2D eigenvalue weighted by atomic mass is 10.2. The summed E-state index contributed by atoms with van der Waals surface area (Å²) in [5.41, 5.74) is 0.998. The molecule has 10 heteroatoms. The van der Waals surface area contributed by atoms with Crippen LogP contribution in [-0.2, 0) is 9.53 Å². The van der Waals surface area contributed by atoms with Crippen molar-refractivity contribution in [3.05, 3.63) is 42.5 Å². The molecule has 0 saturated carbocycles. The fraction of sp³-hybridized carbons (Fsp3) is 0.429. The second kappa shape index (κ2) is 8.66. The quantitative estimate of drug-likeness (QED) is 0.571. The Kier molecular flexibility index (Phi) is 5.79. The highest BCUT2D eigenvalue weighted by Gasteiger charge is 2.28. The lowest BCUT2D eigenvalue weighted by Crippen LogP contribution is -2.52. The number of hydrogen-bond donors (Lipinski definition) is 0. The number of aromatic nitrogens is 5. The second-order valence-corrected chi connectivity index (χ2v) is 7.73. The van der Waals surface area contributed by atoms with Crippen LogP contribution in [0.5, 0.6) is 0 Å². The Morgan fingerprint density at radius 3 is 2.39 bits per heavy atom. The van der Waals surface area contributed by atoms with Crippen LogP contribution in [0.1, 0.15) is 37.2 Å². The van der Waals surface area contributed by atoms with E-state index in [-0.39, 0.29) is 11.9 Å². The first kappa shape index (κ1) is 20.7. The lowest BCUT2D eigenvalue weighted by molar-refractivity contribution is -0.140. The molecule has 0 aromatic carbocycles. The molecule has 1 amide bonds. The van der Waals surface area contributed by atoms with Crippen LogP contribution in [0.4, 0.5) is 5.95 Å². The Balaban J connectivity index is 1.35. The molecule has 1 aliphatic heterocycles. The maximum absolute atomic E-state index is 12.8. The Morgan fingerprint density at radius 1 is 1.00 bits per heavy atom. The first-order valence-electron chi connectivity index (χ1n) is 10.3. The predicted octanol–water partition coefficient (Wildman–Crippen LogP) is 1.70. The van der Waals surface area contributed by atoms with Crippen molar-refractivity contribution in [2.24, 2.45) is 0 Å². The molecule has 1 saturated heterocycles. The zero-order chi connectivity index (χ0) is 22.0. The highest BCUT2D eigenvalue weighted by Crippen LogP contribution is 2.18. The summed E-state index contributed by atoms with van der Waals surface area (Å²) in [7, 11) is 0. The van der Waals surface area contributed by atoms with E-state index < -0.39 is 12.1 Å². The largest absolute Gasteiger partial charge is 0.449 e. The second-order valence-electron chi connectivity index (χ2n) is 7.73. The number of pyridine rings is 1. The fourth-order valence-electron chi connectivity index (χ4n) is 3.55. The van der Waals surface area contributed by atoms with E-state index in [0.717, 1.165) is 5.39 Å². The van der Waals surface area contributed by atoms with Gasteiger partial charge >= 0.3 is 5.97 Å². The van der Waals surface area contributed by atoms with Gasteiger partial charge < -0.3 is 14.5 Å². The number of fused-ring (bicyclic) bond motifs is 1. The van der Waals surface area contributed by atoms with Gasteiger partial charge in [0.05, 0.1) is 11.8 Å². The summed E-state index contributed by atoms with van der Waals surface area (Å²) in [5.74, 6) is -0.148. The van der Waals surface area contributed by atoms with Crippen LogP contribution in [0.25, 0.3) is 11.0 Å². The summed E-state index contributed by atoms with van der Waals surface area (Å²) >= 11 is 0. The third-order valence-corrected chi connectivity index (χ3v) is 5.22. The molecular weight excluding hydrogens is 398 g/mol. The molecule has 10 nitrogen and oxygen atoms in total. The van der Waals surface area contributed by atoms with Crippen LogP contribution in [0.3, 0.4) is 0 Å². The predicted molar refractivity (Wildman–Crippen MR) is 114 cm³/mol. The maximum atomic E-state index is 12.8. The molecule has 1 atom stereocenters. The smallest absolute Gasteiger partial charge is 0.340 e. The molecule has 31 heavy (non-hydrogen) atoms. The number of anilines is 1. The maximum Gasteiger partial charge on any atom is 0.340 e. The van der Waals surface area contributed by atoms with Gasteiger partial charge in [0.2, 0.25) is 5.95 Å². The normalized spacial score (nSPS) is 15.4. The number of esters is 1. The van der Waals surface area contributed by atoms with E-state index in [9.17, 15) is 9.59 Å². The van der Waals surface area contributed by atoms with Crippen molar-refractivity contribution in [2.45, 2.75) is 32.9 Å². The number of ether oxygens (including phenoxy) is 1. The average molecular weight is 423 g/mol. The van der Waals surface area contributed by atoms with E-state index in [2.05, 4.69) is 20.1 Å². The average Bonchev–Trinajstić information content (AvgIpc) is 3.23. The van der Waals surface area contributed by atoms with E-state index in [1.165, 1.54) is 6.20 Å². The van der Waals surface area contributed by atoms with Gasteiger partial charge in [-0.3, -0.25) is 4.79 Å². The SMILES string of the molecule is CC(OC(=O)c1cnc2c(cnn2C(C)C)c1)C(=O)N1CCN(c2ncccn2)CC1. The zero-order valence-corrected chi connectivity index (χ0v) is 17.8. The molecule has 1 aliphatic rings. The number of nitrogens with zero attached hydrogens (tertiary/aromatic N) is 7. The molecule has 0 radical (unpaired) electrons. The van der Waals surface area contributed by atoms with Crippen molar-refractivity contribution in [3.8, 4) is 0 Å². The fourth-order valence-corrected chi connectivity index (χ4v) is 3.55. The summed E-state index contributed by atoms with van der Waals surface area (Å²) < 4.78 is 7.22. The standard InChI is InChI=1S/C21H25N7O3/c1-14(2)28-18-16(13-25-28)11-17(12-24-18)20(30)31-15(3)19(29)26-7-9-27(10-8-26)21-22-5-4-6-23-21/h4-6,11-15H,7-10H2,1-3H3. The molecule has 3 aromatic rings. The van der Waals surface area contributed by atoms with Crippen LogP contribution in [0.15, 0.2) is 36.9 Å². The molecule has 1 unspecified atom stereocenters. The molecule has 0 N–H and O–H groups in total. The highest BCUT2D eigenvalue weighted by molar-refractivity contribution is 5.94. The van der Waals surface area contributed by atoms with E-state index in [1.807, 2.05) is 18.7 Å². The zero-order valence-electron chi connectivity index (χ0n) is 17.8. The van der Waals surface area contributed by atoms with Crippen LogP contribution in [-0.4, -0.2) is 73.8 Å². The van der Waals surface area contributed by atoms with Crippen molar-refractivity contribution < 1.29 is 14.3 Å². The summed E-state index contributed by atoms with van der Waals surface area (Å²) in [4.78, 5) is 41.9. The third-order valence-electron chi connectivity index (χ3n) is 5.22. The van der Waals surface area contributed by atoms with Gasteiger partial charge in [-0.25, -0.2) is 24.4 Å². The van der Waals surface area contributed by atoms with E-state index >= 15 is 0 Å². The van der Waals surface area contributed by atoms with E-state index in [1.54, 1.807) is 47.2 Å². The van der Waals surface area contributed by atoms with Gasteiger partial charge in [-0.2, -0.15) is 5.10 Å². The molecule has 0 aliphatic carbocycles. The number of rotatable bonds is 5. The monoisotopic (exact) mass is 423 g/mol. The van der Waals surface area contributed by atoms with Crippen molar-refractivity contribution in [1.29, 1.82) is 0 Å². The Bertz CT molecular complexity index is 1080. The molecule has 0 spiro atoms. The Hall–Kier alpha value is -3.56. The number of piperazine rings is 1. The van der Waals surface area contributed by atoms with Crippen molar-refractivity contribution in [3.63, 3.8) is 0 Å². The topological polar surface area (TPSA) is 106 Å². The molecular formula is C21H25N7O3. The minimum absolute atomic E-state index is 0.161. The summed E-state index contributed by atoms with van der Waals surface area (Å²) in [6, 6.07) is 3.62. The summed E-state index contributed by atoms with van der Waals surface area (Å²) in [6.07, 6.45) is 5.63. The molecule has 0 bridgehead atoms. The molecule has 4 rings (SSSR count). The summed E-state index contributed by atoms with van der Waals surface area (Å²) in [6.45, 7) is 7.89. The van der Waals surface area contributed by atoms with Gasteiger partial charge in [0.15, 0.2) is 11.8 Å². The van der Waals surface area contributed by atoms with Crippen LogP contribution < -0.4 is 4.90 Å². The molecule has 162 valence electrons. The number of carbonyl (C=O) groups is 2.